The molecule has 0 amide bonds. The highest BCUT2D eigenvalue weighted by Gasteiger charge is 2.10. The first-order chi connectivity index (χ1) is 8.65. The summed E-state index contributed by atoms with van der Waals surface area (Å²) in [6.07, 6.45) is 1.42. The average Bonchev–Trinajstić information content (AvgIpc) is 2.43. The van der Waals surface area contributed by atoms with Gasteiger partial charge < -0.3 is 14.2 Å². The highest BCUT2D eigenvalue weighted by atomic mass is 16.5. The number of ether oxygens (including phenoxy) is 3. The lowest BCUT2D eigenvalue weighted by Gasteiger charge is -2.07. The summed E-state index contributed by atoms with van der Waals surface area (Å²) in [4.78, 5) is 11.3. The summed E-state index contributed by atoms with van der Waals surface area (Å²) in [6, 6.07) is 6.85. The van der Waals surface area contributed by atoms with Crippen LogP contribution in [-0.2, 0) is 9.53 Å². The van der Waals surface area contributed by atoms with E-state index in [1.807, 2.05) is 0 Å². The van der Waals surface area contributed by atoms with E-state index in [-0.39, 0.29) is 5.57 Å². The Morgan fingerprint density at radius 3 is 2.39 bits per heavy atom. The minimum atomic E-state index is -0.674. The summed E-state index contributed by atoms with van der Waals surface area (Å²) < 4.78 is 14.7. The number of nitriles is 1. The highest BCUT2D eigenvalue weighted by molar-refractivity contribution is 5.97. The number of benzene rings is 1. The number of hydrogen-bond acceptors (Lipinski definition) is 5. The zero-order valence-corrected chi connectivity index (χ0v) is 10.4. The molecule has 0 aromatic heterocycles. The predicted molar refractivity (Wildman–Crippen MR) is 65.2 cm³/mol. The molecule has 0 saturated heterocycles. The molecular weight excluding hydrogens is 234 g/mol. The number of carbonyl (C=O) groups is 1. The molecule has 0 aliphatic heterocycles. The Labute approximate surface area is 105 Å². The SMILES string of the molecule is COC(=O)/C(C#N)=C\c1ccc(OC)c(OC)c1. The van der Waals surface area contributed by atoms with Gasteiger partial charge in [-0.3, -0.25) is 0 Å². The van der Waals surface area contributed by atoms with Crippen LogP contribution in [0.25, 0.3) is 6.08 Å². The summed E-state index contributed by atoms with van der Waals surface area (Å²) in [6.45, 7) is 0. The lowest BCUT2D eigenvalue weighted by molar-refractivity contribution is -0.135. The Bertz CT molecular complexity index is 514. The summed E-state index contributed by atoms with van der Waals surface area (Å²) in [5, 5.41) is 8.84. The summed E-state index contributed by atoms with van der Waals surface area (Å²) in [5.74, 6) is 0.423. The van der Waals surface area contributed by atoms with E-state index in [9.17, 15) is 4.79 Å². The standard InChI is InChI=1S/C13H13NO4/c1-16-11-5-4-9(7-12(11)17-2)6-10(8-14)13(15)18-3/h4-7H,1-3H3/b10-6-. The molecule has 0 radical (unpaired) electrons. The quantitative estimate of drug-likeness (QED) is 0.461. The predicted octanol–water partition coefficient (Wildman–Crippen LogP) is 1.78. The fourth-order valence-electron chi connectivity index (χ4n) is 1.36. The Morgan fingerprint density at radius 2 is 1.89 bits per heavy atom. The van der Waals surface area contributed by atoms with Crippen LogP contribution in [0.4, 0.5) is 0 Å². The zero-order chi connectivity index (χ0) is 13.5. The third-order valence-electron chi connectivity index (χ3n) is 2.24. The van der Waals surface area contributed by atoms with Crippen molar-refractivity contribution in [3.63, 3.8) is 0 Å². The fourth-order valence-corrected chi connectivity index (χ4v) is 1.36. The monoisotopic (exact) mass is 247 g/mol. The van der Waals surface area contributed by atoms with Crippen molar-refractivity contribution in [1.29, 1.82) is 5.26 Å². The van der Waals surface area contributed by atoms with Gasteiger partial charge in [0.2, 0.25) is 0 Å². The minimum Gasteiger partial charge on any atom is -0.493 e. The molecule has 0 unspecified atom stereocenters. The molecule has 94 valence electrons. The number of nitrogens with zero attached hydrogens (tertiary/aromatic N) is 1. The molecule has 0 aliphatic carbocycles. The maximum atomic E-state index is 11.3. The van der Waals surface area contributed by atoms with Gasteiger partial charge >= 0.3 is 5.97 Å². The van der Waals surface area contributed by atoms with E-state index in [0.29, 0.717) is 17.1 Å². The maximum absolute atomic E-state index is 11.3. The second-order valence-electron chi connectivity index (χ2n) is 3.28. The van der Waals surface area contributed by atoms with E-state index >= 15 is 0 Å². The van der Waals surface area contributed by atoms with Gasteiger partial charge in [-0.1, -0.05) is 6.07 Å². The molecule has 0 bridgehead atoms. The second-order valence-corrected chi connectivity index (χ2v) is 3.28. The van der Waals surface area contributed by atoms with E-state index in [0.717, 1.165) is 0 Å². The van der Waals surface area contributed by atoms with Crippen molar-refractivity contribution in [2.45, 2.75) is 0 Å². The van der Waals surface area contributed by atoms with Gasteiger partial charge in [-0.15, -0.1) is 0 Å². The average molecular weight is 247 g/mol. The molecule has 0 N–H and O–H groups in total. The fraction of sp³-hybridized carbons (Fsp3) is 0.231. The van der Waals surface area contributed by atoms with Crippen molar-refractivity contribution in [2.24, 2.45) is 0 Å². The van der Waals surface area contributed by atoms with Gasteiger partial charge in [-0.2, -0.15) is 5.26 Å². The van der Waals surface area contributed by atoms with Crippen LogP contribution >= 0.6 is 0 Å². The van der Waals surface area contributed by atoms with Gasteiger partial charge in [0.1, 0.15) is 11.6 Å². The first-order valence-corrected chi connectivity index (χ1v) is 5.08. The van der Waals surface area contributed by atoms with Crippen LogP contribution in [0.3, 0.4) is 0 Å². The number of esters is 1. The third-order valence-corrected chi connectivity index (χ3v) is 2.24. The molecular formula is C13H13NO4. The van der Waals surface area contributed by atoms with Crippen LogP contribution in [0.2, 0.25) is 0 Å². The van der Waals surface area contributed by atoms with Crippen LogP contribution in [0, 0.1) is 11.3 Å². The molecule has 0 fully saturated rings. The number of methoxy groups -OCH3 is 3. The molecule has 5 nitrogen and oxygen atoms in total. The van der Waals surface area contributed by atoms with Crippen molar-refractivity contribution < 1.29 is 19.0 Å². The van der Waals surface area contributed by atoms with E-state index in [1.165, 1.54) is 27.4 Å². The Balaban J connectivity index is 3.15. The van der Waals surface area contributed by atoms with Crippen molar-refractivity contribution >= 4 is 12.0 Å². The van der Waals surface area contributed by atoms with Crippen LogP contribution in [0.15, 0.2) is 23.8 Å². The lowest BCUT2D eigenvalue weighted by Crippen LogP contribution is -2.02. The van der Waals surface area contributed by atoms with Crippen molar-refractivity contribution in [3.8, 4) is 17.6 Å². The first-order valence-electron chi connectivity index (χ1n) is 5.08. The molecule has 18 heavy (non-hydrogen) atoms. The van der Waals surface area contributed by atoms with Gasteiger partial charge in [0.15, 0.2) is 11.5 Å². The van der Waals surface area contributed by atoms with Crippen LogP contribution in [0.5, 0.6) is 11.5 Å². The number of hydrogen-bond donors (Lipinski definition) is 0. The van der Waals surface area contributed by atoms with E-state index < -0.39 is 5.97 Å². The molecule has 1 aromatic rings. The highest BCUT2D eigenvalue weighted by Crippen LogP contribution is 2.28. The molecule has 0 heterocycles. The van der Waals surface area contributed by atoms with Crippen LogP contribution in [0.1, 0.15) is 5.56 Å². The molecule has 0 aliphatic rings. The van der Waals surface area contributed by atoms with Crippen LogP contribution < -0.4 is 9.47 Å². The van der Waals surface area contributed by atoms with Gasteiger partial charge in [0, 0.05) is 0 Å². The maximum Gasteiger partial charge on any atom is 0.348 e. The first kappa shape index (κ1) is 13.6. The summed E-state index contributed by atoms with van der Waals surface area (Å²) in [7, 11) is 4.27. The Morgan fingerprint density at radius 1 is 1.22 bits per heavy atom. The number of carbonyl (C=O) groups excluding carboxylic acids is 1. The molecule has 0 spiro atoms. The van der Waals surface area contributed by atoms with Gasteiger partial charge in [0.05, 0.1) is 21.3 Å². The van der Waals surface area contributed by atoms with E-state index in [4.69, 9.17) is 14.7 Å². The second kappa shape index (κ2) is 6.30. The minimum absolute atomic E-state index is 0.0790. The van der Waals surface area contributed by atoms with E-state index in [2.05, 4.69) is 4.74 Å². The van der Waals surface area contributed by atoms with Gasteiger partial charge in [0.25, 0.3) is 0 Å². The Kier molecular flexibility index (Phi) is 4.76. The summed E-state index contributed by atoms with van der Waals surface area (Å²) >= 11 is 0. The Hall–Kier alpha value is -2.48. The third kappa shape index (κ3) is 3.01. The van der Waals surface area contributed by atoms with Crippen LogP contribution in [-0.4, -0.2) is 27.3 Å². The van der Waals surface area contributed by atoms with Crippen molar-refractivity contribution in [1.82, 2.24) is 0 Å². The molecule has 0 saturated carbocycles. The van der Waals surface area contributed by atoms with E-state index in [1.54, 1.807) is 24.3 Å². The largest absolute Gasteiger partial charge is 0.493 e. The topological polar surface area (TPSA) is 68.6 Å². The van der Waals surface area contributed by atoms with Gasteiger partial charge in [-0.25, -0.2) is 4.79 Å². The van der Waals surface area contributed by atoms with Gasteiger partial charge in [-0.05, 0) is 23.8 Å². The molecule has 1 rings (SSSR count). The smallest absolute Gasteiger partial charge is 0.348 e. The van der Waals surface area contributed by atoms with Crippen molar-refractivity contribution in [3.05, 3.63) is 29.3 Å². The molecule has 1 aromatic carbocycles. The number of rotatable bonds is 4. The molecule has 0 atom stereocenters. The zero-order valence-electron chi connectivity index (χ0n) is 10.4. The normalized spacial score (nSPS) is 10.4. The molecule has 5 heteroatoms. The van der Waals surface area contributed by atoms with Crippen molar-refractivity contribution in [2.75, 3.05) is 21.3 Å². The lowest BCUT2D eigenvalue weighted by atomic mass is 10.1. The summed E-state index contributed by atoms with van der Waals surface area (Å²) in [5.41, 5.74) is 0.569.